The summed E-state index contributed by atoms with van der Waals surface area (Å²) in [6, 6.07) is 8.32. The van der Waals surface area contributed by atoms with Crippen LogP contribution in [0.5, 0.6) is 5.75 Å². The van der Waals surface area contributed by atoms with E-state index in [1.807, 2.05) is 12.1 Å². The van der Waals surface area contributed by atoms with Crippen LogP contribution in [0.1, 0.15) is 57.1 Å². The highest BCUT2D eigenvalue weighted by Crippen LogP contribution is 2.27. The number of methoxy groups -OCH3 is 1. The van der Waals surface area contributed by atoms with E-state index in [0.29, 0.717) is 6.54 Å². The SMILES string of the molecule is COc1cccc([C@H](C)NCC2(O)CCCCCC2)c1. The van der Waals surface area contributed by atoms with E-state index in [1.54, 1.807) is 7.11 Å². The van der Waals surface area contributed by atoms with E-state index in [4.69, 9.17) is 4.74 Å². The highest BCUT2D eigenvalue weighted by atomic mass is 16.5. The summed E-state index contributed by atoms with van der Waals surface area (Å²) in [4.78, 5) is 0. The Kier molecular flexibility index (Phi) is 5.44. The largest absolute Gasteiger partial charge is 0.497 e. The van der Waals surface area contributed by atoms with E-state index in [-0.39, 0.29) is 6.04 Å². The van der Waals surface area contributed by atoms with Gasteiger partial charge in [-0.15, -0.1) is 0 Å². The van der Waals surface area contributed by atoms with Gasteiger partial charge in [0.2, 0.25) is 0 Å². The van der Waals surface area contributed by atoms with Gasteiger partial charge in [0.15, 0.2) is 0 Å². The van der Waals surface area contributed by atoms with Gasteiger partial charge in [-0.05, 0) is 37.5 Å². The molecular formula is C17H27NO2. The van der Waals surface area contributed by atoms with Gasteiger partial charge in [0.1, 0.15) is 5.75 Å². The Labute approximate surface area is 122 Å². The molecule has 0 amide bonds. The summed E-state index contributed by atoms with van der Waals surface area (Å²) in [5.41, 5.74) is 0.672. The molecule has 3 heteroatoms. The van der Waals surface area contributed by atoms with Crippen LogP contribution < -0.4 is 10.1 Å². The second-order valence-electron chi connectivity index (χ2n) is 6.02. The van der Waals surface area contributed by atoms with Crippen LogP contribution in [0.3, 0.4) is 0 Å². The maximum atomic E-state index is 10.7. The number of hydrogen-bond acceptors (Lipinski definition) is 3. The molecule has 1 aromatic rings. The van der Waals surface area contributed by atoms with E-state index in [9.17, 15) is 5.11 Å². The number of benzene rings is 1. The fourth-order valence-corrected chi connectivity index (χ4v) is 2.94. The number of hydrogen-bond donors (Lipinski definition) is 2. The zero-order chi connectivity index (χ0) is 14.4. The van der Waals surface area contributed by atoms with Gasteiger partial charge in [0, 0.05) is 12.6 Å². The molecular weight excluding hydrogens is 250 g/mol. The van der Waals surface area contributed by atoms with Gasteiger partial charge in [-0.1, -0.05) is 37.8 Å². The Morgan fingerprint density at radius 2 is 1.95 bits per heavy atom. The second kappa shape index (κ2) is 7.09. The molecule has 1 aliphatic rings. The van der Waals surface area contributed by atoms with Crippen molar-refractivity contribution >= 4 is 0 Å². The Balaban J connectivity index is 1.91. The molecule has 0 aliphatic heterocycles. The third-order valence-electron chi connectivity index (χ3n) is 4.37. The average Bonchev–Trinajstić information content (AvgIpc) is 2.70. The molecule has 1 aliphatic carbocycles. The normalized spacial score (nSPS) is 20.1. The molecule has 2 N–H and O–H groups in total. The molecule has 20 heavy (non-hydrogen) atoms. The Morgan fingerprint density at radius 3 is 2.60 bits per heavy atom. The van der Waals surface area contributed by atoms with Crippen molar-refractivity contribution in [1.82, 2.24) is 5.32 Å². The van der Waals surface area contributed by atoms with Crippen molar-refractivity contribution in [3.8, 4) is 5.75 Å². The van der Waals surface area contributed by atoms with Gasteiger partial charge >= 0.3 is 0 Å². The summed E-state index contributed by atoms with van der Waals surface area (Å²) in [5.74, 6) is 0.879. The van der Waals surface area contributed by atoms with E-state index in [1.165, 1.54) is 18.4 Å². The second-order valence-corrected chi connectivity index (χ2v) is 6.02. The third-order valence-corrected chi connectivity index (χ3v) is 4.37. The predicted octanol–water partition coefficient (Wildman–Crippen LogP) is 3.43. The Morgan fingerprint density at radius 1 is 1.25 bits per heavy atom. The van der Waals surface area contributed by atoms with Crippen LogP contribution in [0.15, 0.2) is 24.3 Å². The number of aliphatic hydroxyl groups is 1. The molecule has 0 spiro atoms. The van der Waals surface area contributed by atoms with Gasteiger partial charge < -0.3 is 15.2 Å². The zero-order valence-corrected chi connectivity index (χ0v) is 12.7. The van der Waals surface area contributed by atoms with Gasteiger partial charge in [-0.3, -0.25) is 0 Å². The summed E-state index contributed by atoms with van der Waals surface area (Å²) in [5, 5.41) is 14.1. The summed E-state index contributed by atoms with van der Waals surface area (Å²) >= 11 is 0. The van der Waals surface area contributed by atoms with Gasteiger partial charge in [-0.25, -0.2) is 0 Å². The highest BCUT2D eigenvalue weighted by molar-refractivity contribution is 5.30. The van der Waals surface area contributed by atoms with E-state index in [2.05, 4.69) is 24.4 Å². The average molecular weight is 277 g/mol. The van der Waals surface area contributed by atoms with Crippen molar-refractivity contribution in [2.45, 2.75) is 57.1 Å². The molecule has 1 fully saturated rings. The summed E-state index contributed by atoms with van der Waals surface area (Å²) in [6.07, 6.45) is 6.65. The molecule has 0 bridgehead atoms. The first-order chi connectivity index (χ1) is 9.63. The van der Waals surface area contributed by atoms with Crippen molar-refractivity contribution in [2.75, 3.05) is 13.7 Å². The Hall–Kier alpha value is -1.06. The molecule has 1 saturated carbocycles. The molecule has 0 radical (unpaired) electrons. The third kappa shape index (κ3) is 4.22. The minimum Gasteiger partial charge on any atom is -0.497 e. The van der Waals surface area contributed by atoms with Crippen LogP contribution in [-0.2, 0) is 0 Å². The monoisotopic (exact) mass is 277 g/mol. The van der Waals surface area contributed by atoms with Gasteiger partial charge in [0.25, 0.3) is 0 Å². The lowest BCUT2D eigenvalue weighted by Crippen LogP contribution is -2.41. The van der Waals surface area contributed by atoms with Crippen LogP contribution in [0, 0.1) is 0 Å². The quantitative estimate of drug-likeness (QED) is 0.810. The van der Waals surface area contributed by atoms with Crippen molar-refractivity contribution < 1.29 is 9.84 Å². The smallest absolute Gasteiger partial charge is 0.119 e. The van der Waals surface area contributed by atoms with Crippen molar-refractivity contribution in [1.29, 1.82) is 0 Å². The molecule has 3 nitrogen and oxygen atoms in total. The first-order valence-corrected chi connectivity index (χ1v) is 7.73. The molecule has 0 aromatic heterocycles. The molecule has 1 aromatic carbocycles. The van der Waals surface area contributed by atoms with Crippen molar-refractivity contribution in [2.24, 2.45) is 0 Å². The van der Waals surface area contributed by atoms with Crippen LogP contribution in [0.25, 0.3) is 0 Å². The lowest BCUT2D eigenvalue weighted by Gasteiger charge is -2.29. The van der Waals surface area contributed by atoms with E-state index < -0.39 is 5.60 Å². The van der Waals surface area contributed by atoms with Crippen LogP contribution in [0.4, 0.5) is 0 Å². The number of nitrogens with one attached hydrogen (secondary N) is 1. The molecule has 1 atom stereocenters. The topological polar surface area (TPSA) is 41.5 Å². The number of ether oxygens (including phenoxy) is 1. The minimum absolute atomic E-state index is 0.220. The van der Waals surface area contributed by atoms with E-state index in [0.717, 1.165) is 31.4 Å². The molecule has 0 heterocycles. The Bertz CT molecular complexity index is 411. The fourth-order valence-electron chi connectivity index (χ4n) is 2.94. The van der Waals surface area contributed by atoms with Crippen molar-refractivity contribution in [3.63, 3.8) is 0 Å². The lowest BCUT2D eigenvalue weighted by atomic mass is 9.94. The molecule has 0 saturated heterocycles. The standard InChI is InChI=1S/C17H27NO2/c1-14(15-8-7-9-16(12-15)20-2)18-13-17(19)10-5-3-4-6-11-17/h7-9,12,14,18-19H,3-6,10-11,13H2,1-2H3/t14-/m0/s1. The van der Waals surface area contributed by atoms with E-state index >= 15 is 0 Å². The first-order valence-electron chi connectivity index (χ1n) is 7.73. The fraction of sp³-hybridized carbons (Fsp3) is 0.647. The van der Waals surface area contributed by atoms with Gasteiger partial charge in [0.05, 0.1) is 12.7 Å². The van der Waals surface area contributed by atoms with Crippen LogP contribution in [-0.4, -0.2) is 24.4 Å². The number of rotatable bonds is 5. The first kappa shape index (κ1) is 15.3. The summed E-state index contributed by atoms with van der Waals surface area (Å²) in [6.45, 7) is 2.81. The molecule has 112 valence electrons. The summed E-state index contributed by atoms with van der Waals surface area (Å²) in [7, 11) is 1.69. The predicted molar refractivity (Wildman–Crippen MR) is 82.1 cm³/mol. The van der Waals surface area contributed by atoms with Crippen LogP contribution in [0.2, 0.25) is 0 Å². The van der Waals surface area contributed by atoms with Crippen LogP contribution >= 0.6 is 0 Å². The zero-order valence-electron chi connectivity index (χ0n) is 12.7. The highest BCUT2D eigenvalue weighted by Gasteiger charge is 2.28. The lowest BCUT2D eigenvalue weighted by molar-refractivity contribution is 0.0231. The van der Waals surface area contributed by atoms with Gasteiger partial charge in [-0.2, -0.15) is 0 Å². The maximum Gasteiger partial charge on any atom is 0.119 e. The maximum absolute atomic E-state index is 10.7. The van der Waals surface area contributed by atoms with Crippen molar-refractivity contribution in [3.05, 3.63) is 29.8 Å². The minimum atomic E-state index is -0.524. The summed E-state index contributed by atoms with van der Waals surface area (Å²) < 4.78 is 5.26. The molecule has 0 unspecified atom stereocenters. The molecule has 2 rings (SSSR count).